The van der Waals surface area contributed by atoms with Crippen LogP contribution in [0.3, 0.4) is 0 Å². The predicted octanol–water partition coefficient (Wildman–Crippen LogP) is 3.34. The van der Waals surface area contributed by atoms with Gasteiger partial charge in [0.25, 0.3) is 0 Å². The Morgan fingerprint density at radius 3 is 2.72 bits per heavy atom. The lowest BCUT2D eigenvalue weighted by Crippen LogP contribution is -2.39. The summed E-state index contributed by atoms with van der Waals surface area (Å²) < 4.78 is 5.36. The molecule has 1 aromatic rings. The molecule has 1 aliphatic heterocycles. The molecule has 1 aliphatic carbocycles. The maximum Gasteiger partial charge on any atom is 0.234 e. The van der Waals surface area contributed by atoms with Crippen molar-refractivity contribution in [1.82, 2.24) is 15.3 Å². The molecule has 3 rings (SSSR count). The van der Waals surface area contributed by atoms with Crippen molar-refractivity contribution in [3.05, 3.63) is 6.07 Å². The molecule has 0 radical (unpaired) electrons. The van der Waals surface area contributed by atoms with Gasteiger partial charge in [0, 0.05) is 25.2 Å². The first-order chi connectivity index (χ1) is 12.1. The zero-order chi connectivity index (χ0) is 17.6. The van der Waals surface area contributed by atoms with E-state index in [2.05, 4.69) is 32.4 Å². The molecule has 2 N–H and O–H groups in total. The summed E-state index contributed by atoms with van der Waals surface area (Å²) in [6, 6.07) is 2.36. The van der Waals surface area contributed by atoms with Crippen molar-refractivity contribution < 1.29 is 4.74 Å². The Balaban J connectivity index is 1.67. The molecule has 0 aromatic carbocycles. The number of thiocarbonyl (C=S) groups is 1. The summed E-state index contributed by atoms with van der Waals surface area (Å²) in [6.07, 6.45) is 8.70. The van der Waals surface area contributed by atoms with Crippen LogP contribution in [-0.2, 0) is 0 Å². The monoisotopic (exact) mass is 363 g/mol. The number of nitrogens with zero attached hydrogens (tertiary/aromatic N) is 3. The second kappa shape index (κ2) is 8.65. The molecule has 0 amide bonds. The van der Waals surface area contributed by atoms with Gasteiger partial charge in [-0.3, -0.25) is 0 Å². The summed E-state index contributed by atoms with van der Waals surface area (Å²) in [6.45, 7) is 4.33. The van der Waals surface area contributed by atoms with Crippen LogP contribution < -0.4 is 20.3 Å². The van der Waals surface area contributed by atoms with E-state index in [0.717, 1.165) is 18.9 Å². The van der Waals surface area contributed by atoms with Crippen molar-refractivity contribution in [2.24, 2.45) is 5.92 Å². The van der Waals surface area contributed by atoms with Crippen molar-refractivity contribution in [3.8, 4) is 5.88 Å². The summed E-state index contributed by atoms with van der Waals surface area (Å²) in [5.74, 6) is 2.65. The third-order valence-corrected chi connectivity index (χ3v) is 5.26. The summed E-state index contributed by atoms with van der Waals surface area (Å²) in [5, 5.41) is 7.14. The fourth-order valence-electron chi connectivity index (χ4n) is 3.70. The van der Waals surface area contributed by atoms with Crippen molar-refractivity contribution in [1.29, 1.82) is 0 Å². The minimum Gasteiger partial charge on any atom is -0.481 e. The zero-order valence-corrected chi connectivity index (χ0v) is 16.1. The first-order valence-electron chi connectivity index (χ1n) is 9.39. The highest BCUT2D eigenvalue weighted by atomic mass is 32.1. The molecule has 25 heavy (non-hydrogen) atoms. The fraction of sp³-hybridized carbons (Fsp3) is 0.722. The number of methoxy groups -OCH3 is 1. The summed E-state index contributed by atoms with van der Waals surface area (Å²) in [7, 11) is 1.63. The van der Waals surface area contributed by atoms with Gasteiger partial charge in [0.05, 0.1) is 7.11 Å². The van der Waals surface area contributed by atoms with E-state index in [4.69, 9.17) is 17.0 Å². The Morgan fingerprint density at radius 2 is 2.00 bits per heavy atom. The number of aromatic nitrogens is 2. The van der Waals surface area contributed by atoms with Gasteiger partial charge in [-0.1, -0.05) is 26.2 Å². The molecule has 7 heteroatoms. The molecule has 2 heterocycles. The predicted molar refractivity (Wildman–Crippen MR) is 105 cm³/mol. The number of nitrogens with one attached hydrogen (secondary N) is 2. The largest absolute Gasteiger partial charge is 0.481 e. The van der Waals surface area contributed by atoms with Crippen LogP contribution in [0.15, 0.2) is 6.07 Å². The van der Waals surface area contributed by atoms with Gasteiger partial charge in [0.1, 0.15) is 5.82 Å². The molecular weight excluding hydrogens is 334 g/mol. The third kappa shape index (κ3) is 5.17. The van der Waals surface area contributed by atoms with Crippen LogP contribution in [0, 0.1) is 5.92 Å². The molecular formula is C18H29N5OS. The quantitative estimate of drug-likeness (QED) is 0.796. The van der Waals surface area contributed by atoms with Gasteiger partial charge in [-0.05, 0) is 43.8 Å². The second-order valence-corrected chi connectivity index (χ2v) is 7.63. The maximum absolute atomic E-state index is 5.46. The first kappa shape index (κ1) is 18.2. The summed E-state index contributed by atoms with van der Waals surface area (Å²) in [5.41, 5.74) is 0. The Bertz CT molecular complexity index is 591. The molecule has 1 atom stereocenters. The Kier molecular flexibility index (Phi) is 6.29. The molecule has 1 saturated heterocycles. The fourth-order valence-corrected chi connectivity index (χ4v) is 3.96. The Labute approximate surface area is 155 Å². The maximum atomic E-state index is 5.46. The van der Waals surface area contributed by atoms with Crippen LogP contribution in [0.1, 0.15) is 51.9 Å². The SMILES string of the molecule is COc1cc(N2CCCC(C)C2)nc(NC(=S)NC2CCCCC2)n1. The number of piperidine rings is 1. The van der Waals surface area contributed by atoms with E-state index in [1.54, 1.807) is 7.11 Å². The lowest BCUT2D eigenvalue weighted by Gasteiger charge is -2.32. The number of hydrogen-bond acceptors (Lipinski definition) is 5. The van der Waals surface area contributed by atoms with Gasteiger partial charge in [0.2, 0.25) is 11.8 Å². The molecule has 2 fully saturated rings. The number of rotatable bonds is 4. The van der Waals surface area contributed by atoms with Crippen LogP contribution in [0.4, 0.5) is 11.8 Å². The average molecular weight is 364 g/mol. The minimum atomic E-state index is 0.460. The molecule has 1 saturated carbocycles. The lowest BCUT2D eigenvalue weighted by atomic mass is 9.96. The van der Waals surface area contributed by atoms with Gasteiger partial charge >= 0.3 is 0 Å². The van der Waals surface area contributed by atoms with Crippen LogP contribution >= 0.6 is 12.2 Å². The molecule has 1 unspecified atom stereocenters. The number of anilines is 2. The normalized spacial score (nSPS) is 21.7. The van der Waals surface area contributed by atoms with Crippen molar-refractivity contribution in [2.45, 2.75) is 57.9 Å². The Morgan fingerprint density at radius 1 is 1.20 bits per heavy atom. The first-order valence-corrected chi connectivity index (χ1v) is 9.80. The van der Waals surface area contributed by atoms with Gasteiger partial charge in [0.15, 0.2) is 5.11 Å². The average Bonchev–Trinajstić information content (AvgIpc) is 2.62. The van der Waals surface area contributed by atoms with Crippen LogP contribution in [-0.4, -0.2) is 41.3 Å². The van der Waals surface area contributed by atoms with Crippen LogP contribution in [0.5, 0.6) is 5.88 Å². The molecule has 1 aromatic heterocycles. The molecule has 2 aliphatic rings. The number of hydrogen-bond donors (Lipinski definition) is 2. The van der Waals surface area contributed by atoms with E-state index in [1.807, 2.05) is 6.07 Å². The molecule has 6 nitrogen and oxygen atoms in total. The van der Waals surface area contributed by atoms with Crippen molar-refractivity contribution in [3.63, 3.8) is 0 Å². The number of ether oxygens (including phenoxy) is 1. The second-order valence-electron chi connectivity index (χ2n) is 7.22. The Hall–Kier alpha value is -1.63. The summed E-state index contributed by atoms with van der Waals surface area (Å²) >= 11 is 5.46. The van der Waals surface area contributed by atoms with Crippen LogP contribution in [0.2, 0.25) is 0 Å². The van der Waals surface area contributed by atoms with Gasteiger partial charge in [-0.25, -0.2) is 0 Å². The van der Waals surface area contributed by atoms with E-state index < -0.39 is 0 Å². The van der Waals surface area contributed by atoms with Gasteiger partial charge in [-0.2, -0.15) is 9.97 Å². The molecule has 138 valence electrons. The van der Waals surface area contributed by atoms with Gasteiger partial charge < -0.3 is 20.3 Å². The van der Waals surface area contributed by atoms with Gasteiger partial charge in [-0.15, -0.1) is 0 Å². The minimum absolute atomic E-state index is 0.460. The van der Waals surface area contributed by atoms with E-state index in [9.17, 15) is 0 Å². The van der Waals surface area contributed by atoms with E-state index >= 15 is 0 Å². The summed E-state index contributed by atoms with van der Waals surface area (Å²) in [4.78, 5) is 11.4. The van der Waals surface area contributed by atoms with E-state index in [-0.39, 0.29) is 0 Å². The smallest absolute Gasteiger partial charge is 0.234 e. The highest BCUT2D eigenvalue weighted by Gasteiger charge is 2.20. The topological polar surface area (TPSA) is 62.3 Å². The molecule has 0 spiro atoms. The molecule has 0 bridgehead atoms. The van der Waals surface area contributed by atoms with Crippen LogP contribution in [0.25, 0.3) is 0 Å². The van der Waals surface area contributed by atoms with Crippen molar-refractivity contribution >= 4 is 29.1 Å². The highest BCUT2D eigenvalue weighted by Crippen LogP contribution is 2.25. The van der Waals surface area contributed by atoms with E-state index in [1.165, 1.54) is 44.9 Å². The highest BCUT2D eigenvalue weighted by molar-refractivity contribution is 7.80. The van der Waals surface area contributed by atoms with E-state index in [0.29, 0.717) is 28.9 Å². The standard InChI is InChI=1S/C18H29N5OS/c1-13-7-6-10-23(12-13)15-11-16(24-2)21-17(20-15)22-18(25)19-14-8-4-3-5-9-14/h11,13-14H,3-10,12H2,1-2H3,(H2,19,20,21,22,25). The zero-order valence-electron chi connectivity index (χ0n) is 15.3. The lowest BCUT2D eigenvalue weighted by molar-refractivity contribution is 0.396. The third-order valence-electron chi connectivity index (χ3n) is 5.04. The van der Waals surface area contributed by atoms with Crippen molar-refractivity contribution in [2.75, 3.05) is 30.4 Å².